The van der Waals surface area contributed by atoms with Crippen molar-refractivity contribution in [3.05, 3.63) is 45.2 Å². The van der Waals surface area contributed by atoms with Gasteiger partial charge < -0.3 is 16.0 Å². The molecule has 1 aliphatic rings. The summed E-state index contributed by atoms with van der Waals surface area (Å²) in [6.45, 7) is 3.20. The van der Waals surface area contributed by atoms with Gasteiger partial charge in [0.1, 0.15) is 5.69 Å². The van der Waals surface area contributed by atoms with E-state index in [1.165, 1.54) is 24.6 Å². The van der Waals surface area contributed by atoms with Crippen molar-refractivity contribution in [2.24, 2.45) is 0 Å². The van der Waals surface area contributed by atoms with Crippen molar-refractivity contribution >= 4 is 40.8 Å². The molecule has 9 heteroatoms. The second-order valence-electron chi connectivity index (χ2n) is 5.99. The number of nitrogens with two attached hydrogens (primary N) is 1. The van der Waals surface area contributed by atoms with Crippen LogP contribution in [0.3, 0.4) is 0 Å². The topological polar surface area (TPSA) is 104 Å². The number of amides is 1. The van der Waals surface area contributed by atoms with Crippen LogP contribution in [0.5, 0.6) is 0 Å². The zero-order chi connectivity index (χ0) is 18.5. The molecule has 1 aromatic carbocycles. The summed E-state index contributed by atoms with van der Waals surface area (Å²) in [7, 11) is 0. The van der Waals surface area contributed by atoms with E-state index in [-0.39, 0.29) is 11.5 Å². The van der Waals surface area contributed by atoms with Crippen LogP contribution in [0.4, 0.5) is 11.5 Å². The normalized spacial score (nSPS) is 14.5. The molecule has 1 amide bonds. The highest BCUT2D eigenvalue weighted by Crippen LogP contribution is 2.18. The first-order valence-corrected chi connectivity index (χ1v) is 9.71. The zero-order valence-electron chi connectivity index (χ0n) is 14.1. The predicted octanol–water partition coefficient (Wildman–Crippen LogP) is 2.45. The average molecular weight is 394 g/mol. The Hall–Kier alpha value is -2.03. The van der Waals surface area contributed by atoms with Gasteiger partial charge in [-0.2, -0.15) is 0 Å². The fourth-order valence-corrected chi connectivity index (χ4v) is 3.72. The van der Waals surface area contributed by atoms with E-state index >= 15 is 0 Å². The molecule has 1 aromatic heterocycles. The number of rotatable bonds is 6. The van der Waals surface area contributed by atoms with Crippen LogP contribution in [0.1, 0.15) is 23.2 Å². The molecular formula is C17H20ClN5O2S. The number of nitrogens with zero attached hydrogens (tertiary/aromatic N) is 2. The number of benzene rings is 1. The van der Waals surface area contributed by atoms with Crippen LogP contribution in [0.25, 0.3) is 0 Å². The van der Waals surface area contributed by atoms with E-state index in [1.54, 1.807) is 24.3 Å². The molecule has 138 valence electrons. The number of halogens is 1. The summed E-state index contributed by atoms with van der Waals surface area (Å²) in [4.78, 5) is 33.7. The van der Waals surface area contributed by atoms with Gasteiger partial charge in [0, 0.05) is 22.9 Å². The van der Waals surface area contributed by atoms with E-state index in [9.17, 15) is 9.59 Å². The van der Waals surface area contributed by atoms with E-state index in [1.807, 2.05) is 0 Å². The van der Waals surface area contributed by atoms with Crippen molar-refractivity contribution < 1.29 is 4.79 Å². The number of aromatic nitrogens is 2. The van der Waals surface area contributed by atoms with Crippen LogP contribution in [0, 0.1) is 0 Å². The van der Waals surface area contributed by atoms with Crippen molar-refractivity contribution in [2.45, 2.75) is 18.0 Å². The lowest BCUT2D eigenvalue weighted by molar-refractivity contribution is 0.102. The Labute approximate surface area is 160 Å². The summed E-state index contributed by atoms with van der Waals surface area (Å²) in [6, 6.07) is 6.33. The van der Waals surface area contributed by atoms with Crippen molar-refractivity contribution in [2.75, 3.05) is 36.4 Å². The van der Waals surface area contributed by atoms with Crippen LogP contribution in [-0.2, 0) is 0 Å². The number of hydrogen-bond acceptors (Lipinski definition) is 6. The quantitative estimate of drug-likeness (QED) is 0.514. The highest BCUT2D eigenvalue weighted by Gasteiger charge is 2.15. The van der Waals surface area contributed by atoms with Gasteiger partial charge >= 0.3 is 0 Å². The van der Waals surface area contributed by atoms with Gasteiger partial charge in [0.25, 0.3) is 11.5 Å². The van der Waals surface area contributed by atoms with E-state index in [0.29, 0.717) is 15.7 Å². The Morgan fingerprint density at radius 2 is 2.00 bits per heavy atom. The maximum Gasteiger partial charge on any atom is 0.277 e. The smallest absolute Gasteiger partial charge is 0.277 e. The molecule has 0 bridgehead atoms. The molecule has 0 radical (unpaired) electrons. The molecule has 1 fully saturated rings. The molecule has 2 aromatic rings. The van der Waals surface area contributed by atoms with Crippen molar-refractivity contribution in [3.8, 4) is 0 Å². The van der Waals surface area contributed by atoms with Crippen LogP contribution in [-0.4, -0.2) is 46.2 Å². The van der Waals surface area contributed by atoms with Crippen LogP contribution in [0.2, 0.25) is 5.02 Å². The van der Waals surface area contributed by atoms with Crippen molar-refractivity contribution in [1.82, 2.24) is 14.9 Å². The number of nitrogens with one attached hydrogen (secondary N) is 2. The van der Waals surface area contributed by atoms with Gasteiger partial charge in [0.2, 0.25) is 0 Å². The molecular weight excluding hydrogens is 374 g/mol. The summed E-state index contributed by atoms with van der Waals surface area (Å²) >= 11 is 7.25. The monoisotopic (exact) mass is 393 g/mol. The number of likely N-dealkylation sites (tertiary alicyclic amines) is 1. The standard InChI is InChI=1S/C17H20ClN5O2S/c18-12-5-3-11(4-6-12)15(24)20-13-14(19)21-17(22-16(13)25)26-10-9-23-7-1-2-8-23/h3-6H,1-2,7-10H2,(H,20,24)(H3,19,21,22,25). The number of hydrogen-bond donors (Lipinski definition) is 3. The molecule has 1 aliphatic heterocycles. The van der Waals surface area contributed by atoms with Crippen molar-refractivity contribution in [1.29, 1.82) is 0 Å². The maximum atomic E-state index is 12.3. The van der Waals surface area contributed by atoms with Gasteiger partial charge in [-0.1, -0.05) is 23.4 Å². The Morgan fingerprint density at radius 3 is 2.65 bits per heavy atom. The Morgan fingerprint density at radius 1 is 1.31 bits per heavy atom. The van der Waals surface area contributed by atoms with E-state index in [0.717, 1.165) is 25.4 Å². The lowest BCUT2D eigenvalue weighted by Crippen LogP contribution is -2.24. The predicted molar refractivity (Wildman–Crippen MR) is 105 cm³/mol. The lowest BCUT2D eigenvalue weighted by atomic mass is 10.2. The summed E-state index contributed by atoms with van der Waals surface area (Å²) in [5.74, 6) is 0.369. The van der Waals surface area contributed by atoms with E-state index in [4.69, 9.17) is 17.3 Å². The van der Waals surface area contributed by atoms with Crippen LogP contribution < -0.4 is 16.6 Å². The first kappa shape index (κ1) is 18.8. The number of carbonyl (C=O) groups excluding carboxylic acids is 1. The van der Waals surface area contributed by atoms with Gasteiger partial charge in [-0.3, -0.25) is 14.6 Å². The van der Waals surface area contributed by atoms with Crippen molar-refractivity contribution in [3.63, 3.8) is 0 Å². The van der Waals surface area contributed by atoms with E-state index in [2.05, 4.69) is 20.2 Å². The molecule has 0 unspecified atom stereocenters. The van der Waals surface area contributed by atoms with Gasteiger partial charge in [-0.25, -0.2) is 4.98 Å². The third-order valence-corrected chi connectivity index (χ3v) is 5.22. The minimum absolute atomic E-state index is 0.000244. The molecule has 4 N–H and O–H groups in total. The Balaban J connectivity index is 1.63. The maximum absolute atomic E-state index is 12.3. The number of thioether (sulfide) groups is 1. The number of aromatic amines is 1. The molecule has 0 spiro atoms. The number of carbonyl (C=O) groups is 1. The number of anilines is 2. The third kappa shape index (κ3) is 4.78. The number of H-pyrrole nitrogens is 1. The molecule has 0 aliphatic carbocycles. The van der Waals surface area contributed by atoms with Gasteiger partial charge in [0.05, 0.1) is 0 Å². The highest BCUT2D eigenvalue weighted by molar-refractivity contribution is 7.99. The molecule has 1 saturated heterocycles. The zero-order valence-corrected chi connectivity index (χ0v) is 15.7. The summed E-state index contributed by atoms with van der Waals surface area (Å²) in [5, 5.41) is 3.49. The molecule has 7 nitrogen and oxygen atoms in total. The SMILES string of the molecule is Nc1nc(SCCN2CCCC2)[nH]c(=O)c1NC(=O)c1ccc(Cl)cc1. The van der Waals surface area contributed by atoms with E-state index < -0.39 is 11.5 Å². The fraction of sp³-hybridized carbons (Fsp3) is 0.353. The lowest BCUT2D eigenvalue weighted by Gasteiger charge is -2.13. The summed E-state index contributed by atoms with van der Waals surface area (Å²) < 4.78 is 0. The summed E-state index contributed by atoms with van der Waals surface area (Å²) in [6.07, 6.45) is 2.49. The first-order chi connectivity index (χ1) is 12.5. The first-order valence-electron chi connectivity index (χ1n) is 8.35. The Bertz CT molecular complexity index is 834. The van der Waals surface area contributed by atoms with Crippen LogP contribution in [0.15, 0.2) is 34.2 Å². The molecule has 26 heavy (non-hydrogen) atoms. The van der Waals surface area contributed by atoms with Gasteiger partial charge in [0.15, 0.2) is 11.0 Å². The second kappa shape index (κ2) is 8.57. The number of nitrogen functional groups attached to an aromatic ring is 1. The minimum Gasteiger partial charge on any atom is -0.382 e. The molecule has 0 saturated carbocycles. The largest absolute Gasteiger partial charge is 0.382 e. The Kier molecular flexibility index (Phi) is 6.18. The molecule has 2 heterocycles. The highest BCUT2D eigenvalue weighted by atomic mass is 35.5. The second-order valence-corrected chi connectivity index (χ2v) is 7.51. The minimum atomic E-state index is -0.469. The molecule has 3 rings (SSSR count). The van der Waals surface area contributed by atoms with Gasteiger partial charge in [-0.15, -0.1) is 0 Å². The molecule has 0 atom stereocenters. The average Bonchev–Trinajstić information content (AvgIpc) is 3.12. The fourth-order valence-electron chi connectivity index (χ4n) is 2.72. The van der Waals surface area contributed by atoms with Gasteiger partial charge in [-0.05, 0) is 50.2 Å². The third-order valence-electron chi connectivity index (χ3n) is 4.12. The van der Waals surface area contributed by atoms with Crippen LogP contribution >= 0.6 is 23.4 Å². The summed E-state index contributed by atoms with van der Waals surface area (Å²) in [5.41, 5.74) is 5.73.